The van der Waals surface area contributed by atoms with Gasteiger partial charge in [-0.1, -0.05) is 26.0 Å². The molecule has 0 saturated heterocycles. The fourth-order valence-electron chi connectivity index (χ4n) is 2.09. The van der Waals surface area contributed by atoms with Crippen molar-refractivity contribution in [2.24, 2.45) is 11.7 Å². The lowest BCUT2D eigenvalue weighted by Gasteiger charge is -2.21. The number of nitrogens with two attached hydrogens (primary N) is 1. The average Bonchev–Trinajstić information content (AvgIpc) is 2.31. The van der Waals surface area contributed by atoms with Crippen LogP contribution in [-0.2, 0) is 0 Å². The Labute approximate surface area is 110 Å². The molecule has 0 unspecified atom stereocenters. The van der Waals surface area contributed by atoms with Gasteiger partial charge in [0.1, 0.15) is 5.75 Å². The highest BCUT2D eigenvalue weighted by atomic mass is 16.3. The summed E-state index contributed by atoms with van der Waals surface area (Å²) in [5, 5.41) is 19.8. The van der Waals surface area contributed by atoms with Crippen molar-refractivity contribution in [2.45, 2.75) is 52.7 Å². The Hall–Kier alpha value is -1.06. The molecule has 2 atom stereocenters. The maximum atomic E-state index is 10.1. The molecule has 0 spiro atoms. The van der Waals surface area contributed by atoms with Crippen molar-refractivity contribution in [3.05, 3.63) is 28.8 Å². The minimum absolute atomic E-state index is 0.308. The molecule has 0 fully saturated rings. The molecule has 1 aromatic carbocycles. The van der Waals surface area contributed by atoms with Crippen molar-refractivity contribution >= 4 is 0 Å². The minimum atomic E-state index is -0.532. The number of aliphatic hydroxyl groups is 1. The quantitative estimate of drug-likeness (QED) is 0.754. The predicted octanol–water partition coefficient (Wildman–Crippen LogP) is 2.81. The van der Waals surface area contributed by atoms with Crippen molar-refractivity contribution in [2.75, 3.05) is 0 Å². The molecule has 0 aliphatic rings. The van der Waals surface area contributed by atoms with Gasteiger partial charge < -0.3 is 15.9 Å². The zero-order valence-corrected chi connectivity index (χ0v) is 11.8. The van der Waals surface area contributed by atoms with Crippen LogP contribution in [0.25, 0.3) is 0 Å². The molecule has 1 rings (SSSR count). The summed E-state index contributed by atoms with van der Waals surface area (Å²) < 4.78 is 0. The Kier molecular flexibility index (Phi) is 5.17. The molecule has 3 heteroatoms. The van der Waals surface area contributed by atoms with Gasteiger partial charge in [-0.2, -0.15) is 0 Å². The second-order valence-corrected chi connectivity index (χ2v) is 5.57. The Balaban J connectivity index is 2.80. The molecule has 102 valence electrons. The van der Waals surface area contributed by atoms with Gasteiger partial charge in [0, 0.05) is 0 Å². The number of aryl methyl sites for hydroxylation is 2. The number of benzene rings is 1. The normalized spacial score (nSPS) is 14.8. The Morgan fingerprint density at radius 1 is 1.11 bits per heavy atom. The zero-order chi connectivity index (χ0) is 13.9. The number of aliphatic hydroxyl groups excluding tert-OH is 1. The summed E-state index contributed by atoms with van der Waals surface area (Å²) in [4.78, 5) is 0. The van der Waals surface area contributed by atoms with E-state index in [9.17, 15) is 10.2 Å². The summed E-state index contributed by atoms with van der Waals surface area (Å²) >= 11 is 0. The Morgan fingerprint density at radius 3 is 2.06 bits per heavy atom. The topological polar surface area (TPSA) is 66.5 Å². The van der Waals surface area contributed by atoms with E-state index in [4.69, 9.17) is 5.73 Å². The molecule has 1 aromatic rings. The van der Waals surface area contributed by atoms with E-state index in [1.807, 2.05) is 26.0 Å². The Morgan fingerprint density at radius 2 is 1.61 bits per heavy atom. The third-order valence-electron chi connectivity index (χ3n) is 3.35. The molecule has 0 amide bonds. The molecule has 0 aliphatic carbocycles. The Bertz CT molecular complexity index is 378. The lowest BCUT2D eigenvalue weighted by molar-refractivity contribution is 0.128. The summed E-state index contributed by atoms with van der Waals surface area (Å²) in [5.41, 5.74) is 8.57. The molecule has 0 aliphatic heterocycles. The summed E-state index contributed by atoms with van der Waals surface area (Å²) in [6.07, 6.45) is 1.14. The van der Waals surface area contributed by atoms with E-state index < -0.39 is 6.10 Å². The molecule has 0 bridgehead atoms. The van der Waals surface area contributed by atoms with Crippen molar-refractivity contribution < 1.29 is 10.2 Å². The van der Waals surface area contributed by atoms with E-state index in [2.05, 4.69) is 13.8 Å². The third-order valence-corrected chi connectivity index (χ3v) is 3.35. The maximum absolute atomic E-state index is 10.1. The summed E-state index contributed by atoms with van der Waals surface area (Å²) in [7, 11) is 0. The first-order valence-electron chi connectivity index (χ1n) is 6.56. The van der Waals surface area contributed by atoms with E-state index >= 15 is 0 Å². The van der Waals surface area contributed by atoms with Gasteiger partial charge >= 0.3 is 0 Å². The van der Waals surface area contributed by atoms with Crippen LogP contribution in [-0.4, -0.2) is 16.3 Å². The van der Waals surface area contributed by atoms with Crippen molar-refractivity contribution in [1.29, 1.82) is 0 Å². The van der Waals surface area contributed by atoms with Crippen molar-refractivity contribution in [1.82, 2.24) is 0 Å². The first kappa shape index (κ1) is 15.0. The van der Waals surface area contributed by atoms with Gasteiger partial charge in [-0.3, -0.25) is 0 Å². The van der Waals surface area contributed by atoms with Crippen LogP contribution in [0.1, 0.15) is 49.4 Å². The lowest BCUT2D eigenvalue weighted by Crippen LogP contribution is -2.26. The maximum Gasteiger partial charge on any atom is 0.121 e. The molecular weight excluding hydrogens is 226 g/mol. The van der Waals surface area contributed by atoms with Crippen LogP contribution in [0, 0.1) is 19.8 Å². The van der Waals surface area contributed by atoms with E-state index in [0.29, 0.717) is 18.1 Å². The zero-order valence-electron chi connectivity index (χ0n) is 11.8. The molecule has 0 saturated carbocycles. The van der Waals surface area contributed by atoms with Crippen LogP contribution < -0.4 is 5.73 Å². The van der Waals surface area contributed by atoms with Crippen LogP contribution in [0.15, 0.2) is 12.1 Å². The second-order valence-electron chi connectivity index (χ2n) is 5.57. The van der Waals surface area contributed by atoms with E-state index in [-0.39, 0.29) is 6.04 Å². The van der Waals surface area contributed by atoms with Gasteiger partial charge in [0.05, 0.1) is 12.1 Å². The average molecular weight is 251 g/mol. The summed E-state index contributed by atoms with van der Waals surface area (Å²) in [6.45, 7) is 7.96. The predicted molar refractivity (Wildman–Crippen MR) is 74.6 cm³/mol. The molecule has 4 N–H and O–H groups in total. The highest BCUT2D eigenvalue weighted by Gasteiger charge is 2.18. The molecule has 0 heterocycles. The summed E-state index contributed by atoms with van der Waals surface area (Å²) in [6, 6.07) is 3.32. The molecular formula is C15H25NO2. The van der Waals surface area contributed by atoms with Crippen LogP contribution in [0.2, 0.25) is 0 Å². The van der Waals surface area contributed by atoms with Crippen molar-refractivity contribution in [3.63, 3.8) is 0 Å². The standard InChI is InChI=1S/C15H25NO2/c1-9(2)5-6-13(17)14(16)12-7-10(3)15(18)11(4)8-12/h7-9,13-14,17-18H,5-6,16H2,1-4H3/t13-,14+/m0/s1. The largest absolute Gasteiger partial charge is 0.507 e. The number of hydrogen-bond donors (Lipinski definition) is 3. The number of aromatic hydroxyl groups is 1. The number of hydrogen-bond acceptors (Lipinski definition) is 3. The number of phenolic OH excluding ortho intramolecular Hbond substituents is 1. The van der Waals surface area contributed by atoms with Crippen molar-refractivity contribution in [3.8, 4) is 5.75 Å². The van der Waals surface area contributed by atoms with Gasteiger partial charge in [-0.15, -0.1) is 0 Å². The van der Waals surface area contributed by atoms with Crippen LogP contribution >= 0.6 is 0 Å². The molecule has 18 heavy (non-hydrogen) atoms. The van der Waals surface area contributed by atoms with E-state index in [0.717, 1.165) is 23.1 Å². The SMILES string of the molecule is Cc1cc([C@@H](N)[C@@H](O)CCC(C)C)cc(C)c1O. The monoisotopic (exact) mass is 251 g/mol. The van der Waals surface area contributed by atoms with Gasteiger partial charge in [0.2, 0.25) is 0 Å². The number of rotatable bonds is 5. The van der Waals surface area contributed by atoms with Crippen LogP contribution in [0.3, 0.4) is 0 Å². The van der Waals surface area contributed by atoms with E-state index in [1.165, 1.54) is 0 Å². The molecule has 0 aromatic heterocycles. The second kappa shape index (κ2) is 6.21. The van der Waals surface area contributed by atoms with Gasteiger partial charge in [0.25, 0.3) is 0 Å². The first-order valence-corrected chi connectivity index (χ1v) is 6.56. The van der Waals surface area contributed by atoms with Gasteiger partial charge in [-0.25, -0.2) is 0 Å². The molecule has 0 radical (unpaired) electrons. The van der Waals surface area contributed by atoms with Gasteiger partial charge in [0.15, 0.2) is 0 Å². The minimum Gasteiger partial charge on any atom is -0.507 e. The molecule has 3 nitrogen and oxygen atoms in total. The number of phenols is 1. The van der Waals surface area contributed by atoms with Crippen LogP contribution in [0.5, 0.6) is 5.75 Å². The first-order chi connectivity index (χ1) is 8.32. The highest BCUT2D eigenvalue weighted by Crippen LogP contribution is 2.27. The van der Waals surface area contributed by atoms with Crippen LogP contribution in [0.4, 0.5) is 0 Å². The summed E-state index contributed by atoms with van der Waals surface area (Å²) in [5.74, 6) is 0.873. The fourth-order valence-corrected chi connectivity index (χ4v) is 2.09. The van der Waals surface area contributed by atoms with E-state index in [1.54, 1.807) is 0 Å². The smallest absolute Gasteiger partial charge is 0.121 e. The van der Waals surface area contributed by atoms with Gasteiger partial charge in [-0.05, 0) is 49.3 Å². The fraction of sp³-hybridized carbons (Fsp3) is 0.600. The lowest BCUT2D eigenvalue weighted by atomic mass is 9.93. The third kappa shape index (κ3) is 3.72. The highest BCUT2D eigenvalue weighted by molar-refractivity contribution is 5.43.